The van der Waals surface area contributed by atoms with Gasteiger partial charge in [0.25, 0.3) is 0 Å². The molecule has 0 aromatic carbocycles. The molecule has 0 aromatic rings. The van der Waals surface area contributed by atoms with Crippen molar-refractivity contribution in [2.75, 3.05) is 6.61 Å². The summed E-state index contributed by atoms with van der Waals surface area (Å²) in [5.41, 5.74) is -2.69. The molecular weight excluding hydrogens is 237 g/mol. The van der Waals surface area contributed by atoms with Gasteiger partial charge in [-0.2, -0.15) is 13.2 Å². The summed E-state index contributed by atoms with van der Waals surface area (Å²) in [5.74, 6) is -0.964. The smallest absolute Gasteiger partial charge is 0.416 e. The molecule has 2 atom stereocenters. The Morgan fingerprint density at radius 3 is 2.76 bits per heavy atom. The Balaban J connectivity index is 2.48. The molecule has 0 radical (unpaired) electrons. The second-order valence-corrected chi connectivity index (χ2v) is 4.01. The van der Waals surface area contributed by atoms with Gasteiger partial charge in [-0.1, -0.05) is 6.08 Å². The van der Waals surface area contributed by atoms with Crippen molar-refractivity contribution >= 4 is 5.97 Å². The van der Waals surface area contributed by atoms with Crippen LogP contribution in [0.2, 0.25) is 0 Å². The van der Waals surface area contributed by atoms with Gasteiger partial charge in [0.05, 0.1) is 17.8 Å². The fourth-order valence-electron chi connectivity index (χ4n) is 2.14. The lowest BCUT2D eigenvalue weighted by molar-refractivity contribution is -0.140. The number of hydrogen-bond donors (Lipinski definition) is 0. The molecule has 0 aromatic heterocycles. The third-order valence-electron chi connectivity index (χ3n) is 2.80. The molecule has 0 saturated carbocycles. The molecule has 0 saturated heterocycles. The SMILES string of the molecule is CCOC(=O)C1=C(C(F)(F)F)C2C=CC1(C)O2. The summed E-state index contributed by atoms with van der Waals surface area (Å²) in [5, 5.41) is 0. The fourth-order valence-corrected chi connectivity index (χ4v) is 2.14. The average Bonchev–Trinajstić information content (AvgIpc) is 2.69. The van der Waals surface area contributed by atoms with Crippen molar-refractivity contribution in [1.29, 1.82) is 0 Å². The minimum Gasteiger partial charge on any atom is -0.463 e. The zero-order chi connectivity index (χ0) is 12.8. The van der Waals surface area contributed by atoms with Gasteiger partial charge in [-0.15, -0.1) is 0 Å². The Bertz CT molecular complexity index is 422. The van der Waals surface area contributed by atoms with Gasteiger partial charge in [0, 0.05) is 0 Å². The van der Waals surface area contributed by atoms with Crippen LogP contribution in [0.1, 0.15) is 13.8 Å². The van der Waals surface area contributed by atoms with Crippen molar-refractivity contribution in [3.63, 3.8) is 0 Å². The highest BCUT2D eigenvalue weighted by molar-refractivity contribution is 5.94. The molecule has 2 bridgehead atoms. The first-order valence-corrected chi connectivity index (χ1v) is 5.15. The first kappa shape index (κ1) is 12.2. The van der Waals surface area contributed by atoms with Gasteiger partial charge in [-0.3, -0.25) is 0 Å². The van der Waals surface area contributed by atoms with Crippen molar-refractivity contribution < 1.29 is 27.4 Å². The van der Waals surface area contributed by atoms with Crippen molar-refractivity contribution in [2.24, 2.45) is 0 Å². The number of hydrogen-bond acceptors (Lipinski definition) is 3. The first-order valence-electron chi connectivity index (χ1n) is 5.15. The molecule has 2 aliphatic heterocycles. The van der Waals surface area contributed by atoms with E-state index in [1.54, 1.807) is 0 Å². The Hall–Kier alpha value is -1.30. The summed E-state index contributed by atoms with van der Waals surface area (Å²) in [6, 6.07) is 0. The minimum absolute atomic E-state index is 0.0257. The fraction of sp³-hybridized carbons (Fsp3) is 0.545. The Morgan fingerprint density at radius 1 is 1.59 bits per heavy atom. The summed E-state index contributed by atoms with van der Waals surface area (Å²) in [7, 11) is 0. The molecular formula is C11H11F3O3. The summed E-state index contributed by atoms with van der Waals surface area (Å²) in [6.07, 6.45) is -3.01. The highest BCUT2D eigenvalue weighted by Gasteiger charge is 2.57. The number of esters is 1. The standard InChI is InChI=1S/C11H11F3O3/c1-3-16-9(15)8-7(11(12,13)14)6-4-5-10(8,2)17-6/h4-6H,3H2,1-2H3. The molecule has 2 heterocycles. The van der Waals surface area contributed by atoms with E-state index < -0.39 is 35.0 Å². The Kier molecular flexibility index (Phi) is 2.57. The molecule has 2 aliphatic rings. The van der Waals surface area contributed by atoms with Gasteiger partial charge in [0.15, 0.2) is 0 Å². The number of halogens is 3. The van der Waals surface area contributed by atoms with Crippen LogP contribution in [0.5, 0.6) is 0 Å². The number of rotatable bonds is 2. The summed E-state index contributed by atoms with van der Waals surface area (Å²) in [6.45, 7) is 2.99. The quantitative estimate of drug-likeness (QED) is 0.554. The topological polar surface area (TPSA) is 35.5 Å². The third-order valence-corrected chi connectivity index (χ3v) is 2.80. The summed E-state index contributed by atoms with van der Waals surface area (Å²) in [4.78, 5) is 11.6. The van der Waals surface area contributed by atoms with Gasteiger partial charge in [-0.25, -0.2) is 4.79 Å². The van der Waals surface area contributed by atoms with E-state index in [1.807, 2.05) is 0 Å². The van der Waals surface area contributed by atoms with Crippen molar-refractivity contribution in [2.45, 2.75) is 31.7 Å². The highest BCUT2D eigenvalue weighted by atomic mass is 19.4. The molecule has 0 fully saturated rings. The van der Waals surface area contributed by atoms with Gasteiger partial charge in [-0.05, 0) is 19.9 Å². The minimum atomic E-state index is -4.59. The Labute approximate surface area is 95.9 Å². The van der Waals surface area contributed by atoms with Crippen molar-refractivity contribution in [3.05, 3.63) is 23.3 Å². The van der Waals surface area contributed by atoms with Crippen LogP contribution in [0.25, 0.3) is 0 Å². The molecule has 6 heteroatoms. The lowest BCUT2D eigenvalue weighted by Gasteiger charge is -2.20. The number of fused-ring (bicyclic) bond motifs is 2. The molecule has 2 unspecified atom stereocenters. The van der Waals surface area contributed by atoms with E-state index in [0.717, 1.165) is 0 Å². The zero-order valence-corrected chi connectivity index (χ0v) is 9.30. The molecule has 0 aliphatic carbocycles. The molecule has 94 valence electrons. The number of carbonyl (C=O) groups is 1. The summed E-state index contributed by atoms with van der Waals surface area (Å²) < 4.78 is 48.4. The van der Waals surface area contributed by atoms with Crippen LogP contribution in [0.15, 0.2) is 23.3 Å². The van der Waals surface area contributed by atoms with E-state index in [2.05, 4.69) is 4.74 Å². The number of alkyl halides is 3. The highest BCUT2D eigenvalue weighted by Crippen LogP contribution is 2.49. The Morgan fingerprint density at radius 2 is 2.24 bits per heavy atom. The number of ether oxygens (including phenoxy) is 2. The van der Waals surface area contributed by atoms with Crippen LogP contribution >= 0.6 is 0 Å². The van der Waals surface area contributed by atoms with E-state index in [1.165, 1.54) is 26.0 Å². The van der Waals surface area contributed by atoms with Crippen LogP contribution in [-0.4, -0.2) is 30.5 Å². The van der Waals surface area contributed by atoms with Crippen LogP contribution in [0.3, 0.4) is 0 Å². The predicted octanol–water partition coefficient (Wildman–Crippen LogP) is 2.14. The van der Waals surface area contributed by atoms with E-state index >= 15 is 0 Å². The van der Waals surface area contributed by atoms with Gasteiger partial charge in [0.2, 0.25) is 0 Å². The van der Waals surface area contributed by atoms with E-state index in [4.69, 9.17) is 4.74 Å². The third kappa shape index (κ3) is 1.76. The lowest BCUT2D eigenvalue weighted by Crippen LogP contribution is -2.30. The van der Waals surface area contributed by atoms with Crippen molar-refractivity contribution in [3.8, 4) is 0 Å². The maximum atomic E-state index is 12.9. The van der Waals surface area contributed by atoms with Gasteiger partial charge < -0.3 is 9.47 Å². The average molecular weight is 248 g/mol. The first-order chi connectivity index (χ1) is 7.79. The monoisotopic (exact) mass is 248 g/mol. The molecule has 0 amide bonds. The van der Waals surface area contributed by atoms with Crippen LogP contribution in [0, 0.1) is 0 Å². The van der Waals surface area contributed by atoms with E-state index in [0.29, 0.717) is 0 Å². The maximum absolute atomic E-state index is 12.9. The second kappa shape index (κ2) is 3.60. The summed E-state index contributed by atoms with van der Waals surface area (Å²) >= 11 is 0. The van der Waals surface area contributed by atoms with Gasteiger partial charge in [0.1, 0.15) is 11.7 Å². The normalized spacial score (nSPS) is 31.2. The van der Waals surface area contributed by atoms with E-state index in [9.17, 15) is 18.0 Å². The maximum Gasteiger partial charge on any atom is 0.416 e. The molecule has 3 nitrogen and oxygen atoms in total. The number of carbonyl (C=O) groups excluding carboxylic acids is 1. The van der Waals surface area contributed by atoms with Crippen LogP contribution in [0.4, 0.5) is 13.2 Å². The second-order valence-electron chi connectivity index (χ2n) is 4.01. The van der Waals surface area contributed by atoms with Crippen LogP contribution in [-0.2, 0) is 14.3 Å². The predicted molar refractivity (Wildman–Crippen MR) is 52.1 cm³/mol. The van der Waals surface area contributed by atoms with E-state index in [-0.39, 0.29) is 6.61 Å². The molecule has 2 rings (SSSR count). The molecule has 0 spiro atoms. The van der Waals surface area contributed by atoms with Crippen LogP contribution < -0.4 is 0 Å². The lowest BCUT2D eigenvalue weighted by atomic mass is 9.88. The largest absolute Gasteiger partial charge is 0.463 e. The van der Waals surface area contributed by atoms with Gasteiger partial charge >= 0.3 is 12.1 Å². The zero-order valence-electron chi connectivity index (χ0n) is 9.30. The molecule has 0 N–H and O–H groups in total. The van der Waals surface area contributed by atoms with Crippen molar-refractivity contribution in [1.82, 2.24) is 0 Å². The molecule has 17 heavy (non-hydrogen) atoms.